The summed E-state index contributed by atoms with van der Waals surface area (Å²) in [5.41, 5.74) is 2.07. The van der Waals surface area contributed by atoms with Crippen molar-refractivity contribution in [2.24, 2.45) is 0 Å². The number of benzene rings is 2. The molecule has 1 aliphatic heterocycles. The van der Waals surface area contributed by atoms with E-state index in [2.05, 4.69) is 0 Å². The molecule has 0 aliphatic carbocycles. The molecule has 0 aromatic heterocycles. The zero-order chi connectivity index (χ0) is 18.1. The van der Waals surface area contributed by atoms with Crippen LogP contribution in [0.25, 0.3) is 0 Å². The maximum atomic E-state index is 12.8. The molecule has 1 aliphatic rings. The number of rotatable bonds is 3. The van der Waals surface area contributed by atoms with E-state index >= 15 is 0 Å². The molecule has 25 heavy (non-hydrogen) atoms. The van der Waals surface area contributed by atoms with Crippen molar-refractivity contribution in [3.05, 3.63) is 67.7 Å². The molecule has 0 saturated carbocycles. The normalized spacial score (nSPS) is 13.6. The Bertz CT molecular complexity index is 867. The zero-order valence-corrected chi connectivity index (χ0v) is 15.6. The Balaban J connectivity index is 1.94. The number of methoxy groups -OCH3 is 1. The van der Waals surface area contributed by atoms with E-state index in [4.69, 9.17) is 39.5 Å². The van der Waals surface area contributed by atoms with E-state index in [-0.39, 0.29) is 21.5 Å². The Morgan fingerprint density at radius 1 is 1.24 bits per heavy atom. The summed E-state index contributed by atoms with van der Waals surface area (Å²) >= 11 is 18.5. The van der Waals surface area contributed by atoms with E-state index in [9.17, 15) is 9.59 Å². The first-order chi connectivity index (χ1) is 11.9. The Morgan fingerprint density at radius 2 is 2.00 bits per heavy atom. The lowest BCUT2D eigenvalue weighted by Gasteiger charge is -2.30. The highest BCUT2D eigenvalue weighted by molar-refractivity contribution is 6.40. The number of nitrogens with zero attached hydrogens (tertiary/aromatic N) is 1. The molecule has 0 unspecified atom stereocenters. The van der Waals surface area contributed by atoms with Crippen molar-refractivity contribution >= 4 is 46.7 Å². The number of halogens is 3. The average Bonchev–Trinajstić information content (AvgIpc) is 2.58. The molecule has 4 nitrogen and oxygen atoms in total. The largest absolute Gasteiger partial charge is 0.465 e. The fraction of sp³-hybridized carbons (Fsp3) is 0.222. The quantitative estimate of drug-likeness (QED) is 0.708. The third-order valence-electron chi connectivity index (χ3n) is 4.12. The number of esters is 1. The van der Waals surface area contributed by atoms with Crippen molar-refractivity contribution in [1.82, 2.24) is 4.90 Å². The standard InChI is InChI=1S/C18H14Cl3NO3/c1-25-18(24)15-14(20)8-13-12(16(15)21)5-6-22(17(13)23)9-10-3-2-4-11(19)7-10/h2-4,7-8H,5-6,9H2,1H3. The SMILES string of the molecule is COC(=O)c1c(Cl)cc2c(c1Cl)CCN(Cc1cccc(Cl)c1)C2=O. The highest BCUT2D eigenvalue weighted by Gasteiger charge is 2.30. The first-order valence-corrected chi connectivity index (χ1v) is 8.68. The number of carbonyl (C=O) groups excluding carboxylic acids is 2. The molecule has 0 bridgehead atoms. The summed E-state index contributed by atoms with van der Waals surface area (Å²) in [6.45, 7) is 0.924. The van der Waals surface area contributed by atoms with E-state index < -0.39 is 5.97 Å². The molecule has 1 heterocycles. The van der Waals surface area contributed by atoms with Gasteiger partial charge in [0, 0.05) is 23.7 Å². The summed E-state index contributed by atoms with van der Waals surface area (Å²) < 4.78 is 4.71. The number of fused-ring (bicyclic) bond motifs is 1. The first kappa shape index (κ1) is 18.1. The topological polar surface area (TPSA) is 46.6 Å². The molecular weight excluding hydrogens is 385 g/mol. The Kier molecular flexibility index (Phi) is 5.23. The van der Waals surface area contributed by atoms with Crippen molar-refractivity contribution in [3.63, 3.8) is 0 Å². The second kappa shape index (κ2) is 7.24. The fourth-order valence-corrected chi connectivity index (χ4v) is 3.83. The van der Waals surface area contributed by atoms with Crippen molar-refractivity contribution in [2.45, 2.75) is 13.0 Å². The van der Waals surface area contributed by atoms with Crippen LogP contribution in [-0.2, 0) is 17.7 Å². The van der Waals surface area contributed by atoms with Crippen LogP contribution in [0.4, 0.5) is 0 Å². The van der Waals surface area contributed by atoms with Gasteiger partial charge in [-0.3, -0.25) is 4.79 Å². The van der Waals surface area contributed by atoms with Gasteiger partial charge in [-0.1, -0.05) is 46.9 Å². The van der Waals surface area contributed by atoms with Gasteiger partial charge in [-0.05, 0) is 35.7 Å². The molecule has 2 aromatic rings. The molecule has 0 atom stereocenters. The van der Waals surface area contributed by atoms with Gasteiger partial charge in [0.25, 0.3) is 5.91 Å². The minimum atomic E-state index is -0.619. The number of hydrogen-bond acceptors (Lipinski definition) is 3. The molecule has 0 N–H and O–H groups in total. The van der Waals surface area contributed by atoms with Crippen molar-refractivity contribution in [3.8, 4) is 0 Å². The van der Waals surface area contributed by atoms with Crippen molar-refractivity contribution in [1.29, 1.82) is 0 Å². The number of amides is 1. The van der Waals surface area contributed by atoms with Gasteiger partial charge < -0.3 is 9.64 Å². The summed E-state index contributed by atoms with van der Waals surface area (Å²) in [5, 5.41) is 0.912. The fourth-order valence-electron chi connectivity index (χ4n) is 2.91. The number of hydrogen-bond donors (Lipinski definition) is 0. The molecule has 0 saturated heterocycles. The molecular formula is C18H14Cl3NO3. The van der Waals surface area contributed by atoms with Crippen LogP contribution in [0.1, 0.15) is 31.8 Å². The van der Waals surface area contributed by atoms with Crippen LogP contribution >= 0.6 is 34.8 Å². The Hall–Kier alpha value is -1.75. The second-order valence-corrected chi connectivity index (χ2v) is 6.89. The van der Waals surface area contributed by atoms with E-state index in [0.717, 1.165) is 5.56 Å². The predicted molar refractivity (Wildman–Crippen MR) is 97.7 cm³/mol. The first-order valence-electron chi connectivity index (χ1n) is 7.55. The van der Waals surface area contributed by atoms with Crippen molar-refractivity contribution < 1.29 is 14.3 Å². The average molecular weight is 399 g/mol. The van der Waals surface area contributed by atoms with E-state index in [1.165, 1.54) is 13.2 Å². The van der Waals surface area contributed by atoms with Crippen LogP contribution in [0.3, 0.4) is 0 Å². The molecule has 0 spiro atoms. The lowest BCUT2D eigenvalue weighted by atomic mass is 9.95. The Labute approximate surface area is 160 Å². The van der Waals surface area contributed by atoms with Crippen LogP contribution in [0, 0.1) is 0 Å². The van der Waals surface area contributed by atoms with Crippen LogP contribution in [0.15, 0.2) is 30.3 Å². The van der Waals surface area contributed by atoms with Gasteiger partial charge in [0.15, 0.2) is 0 Å². The van der Waals surface area contributed by atoms with E-state index in [1.807, 2.05) is 18.2 Å². The van der Waals surface area contributed by atoms with Gasteiger partial charge in [0.2, 0.25) is 0 Å². The lowest BCUT2D eigenvalue weighted by molar-refractivity contribution is 0.0599. The van der Waals surface area contributed by atoms with Gasteiger partial charge >= 0.3 is 5.97 Å². The molecule has 2 aromatic carbocycles. The molecule has 1 amide bonds. The summed E-state index contributed by atoms with van der Waals surface area (Å²) in [6, 6.07) is 8.85. The number of ether oxygens (including phenoxy) is 1. The zero-order valence-electron chi connectivity index (χ0n) is 13.3. The summed E-state index contributed by atoms with van der Waals surface area (Å²) in [6.07, 6.45) is 0.529. The lowest BCUT2D eigenvalue weighted by Crippen LogP contribution is -2.37. The third-order valence-corrected chi connectivity index (χ3v) is 5.07. The molecule has 7 heteroatoms. The van der Waals surface area contributed by atoms with Gasteiger partial charge in [-0.2, -0.15) is 0 Å². The van der Waals surface area contributed by atoms with Crippen molar-refractivity contribution in [2.75, 3.05) is 13.7 Å². The van der Waals surface area contributed by atoms with Crippen LogP contribution in [0.5, 0.6) is 0 Å². The second-order valence-electron chi connectivity index (χ2n) is 5.67. The molecule has 0 radical (unpaired) electrons. The third kappa shape index (κ3) is 3.47. The highest BCUT2D eigenvalue weighted by Crippen LogP contribution is 2.35. The molecule has 3 rings (SSSR count). The smallest absolute Gasteiger partial charge is 0.340 e. The van der Waals surface area contributed by atoms with Gasteiger partial charge in [0.05, 0.1) is 22.7 Å². The maximum absolute atomic E-state index is 12.8. The minimum absolute atomic E-state index is 0.0978. The molecule has 0 fully saturated rings. The van der Waals surface area contributed by atoms with Gasteiger partial charge in [-0.15, -0.1) is 0 Å². The highest BCUT2D eigenvalue weighted by atomic mass is 35.5. The summed E-state index contributed by atoms with van der Waals surface area (Å²) in [5.74, 6) is -0.798. The van der Waals surface area contributed by atoms with E-state index in [0.29, 0.717) is 35.7 Å². The van der Waals surface area contributed by atoms with Gasteiger partial charge in [-0.25, -0.2) is 4.79 Å². The molecule has 130 valence electrons. The van der Waals surface area contributed by atoms with E-state index in [1.54, 1.807) is 11.0 Å². The van der Waals surface area contributed by atoms with Crippen LogP contribution in [-0.4, -0.2) is 30.4 Å². The summed E-state index contributed by atoms with van der Waals surface area (Å²) in [4.78, 5) is 26.4. The monoisotopic (exact) mass is 397 g/mol. The summed E-state index contributed by atoms with van der Waals surface area (Å²) in [7, 11) is 1.26. The Morgan fingerprint density at radius 3 is 2.68 bits per heavy atom. The van der Waals surface area contributed by atoms with Crippen LogP contribution in [0.2, 0.25) is 15.1 Å². The minimum Gasteiger partial charge on any atom is -0.465 e. The predicted octanol–water partition coefficient (Wildman–Crippen LogP) is 4.63. The van der Waals surface area contributed by atoms with Crippen LogP contribution < -0.4 is 0 Å². The van der Waals surface area contributed by atoms with Gasteiger partial charge in [0.1, 0.15) is 0 Å². The number of carbonyl (C=O) groups is 2. The maximum Gasteiger partial charge on any atom is 0.340 e.